The van der Waals surface area contributed by atoms with Crippen LogP contribution in [0.2, 0.25) is 0 Å². The minimum Gasteiger partial charge on any atom is -0.448 e. The normalized spacial score (nSPS) is 9.77. The molecular weight excluding hydrogens is 176 g/mol. The van der Waals surface area contributed by atoms with Crippen LogP contribution in [0.5, 0.6) is 0 Å². The summed E-state index contributed by atoms with van der Waals surface area (Å²) >= 11 is 0. The van der Waals surface area contributed by atoms with Crippen LogP contribution < -0.4 is 5.73 Å². The Morgan fingerprint density at radius 3 is 2.23 bits per heavy atom. The van der Waals surface area contributed by atoms with E-state index in [1.165, 1.54) is 4.90 Å². The lowest BCUT2D eigenvalue weighted by molar-refractivity contribution is 0.0881. The average Bonchev–Trinajstić information content (AvgIpc) is 2.14. The molecule has 4 N–H and O–H groups in total. The van der Waals surface area contributed by atoms with Gasteiger partial charge in [0, 0.05) is 19.6 Å². The van der Waals surface area contributed by atoms with Gasteiger partial charge in [0.15, 0.2) is 0 Å². The molecule has 0 aromatic heterocycles. The van der Waals surface area contributed by atoms with E-state index in [1.807, 2.05) is 0 Å². The van der Waals surface area contributed by atoms with Gasteiger partial charge in [-0.1, -0.05) is 0 Å². The van der Waals surface area contributed by atoms with Crippen molar-refractivity contribution in [3.63, 3.8) is 0 Å². The fourth-order valence-corrected chi connectivity index (χ4v) is 0.773. The van der Waals surface area contributed by atoms with Gasteiger partial charge in [0.05, 0.1) is 13.2 Å². The maximum atomic E-state index is 11.1. The van der Waals surface area contributed by atoms with Gasteiger partial charge < -0.3 is 25.6 Å². The molecule has 1 amide bonds. The molecule has 0 rings (SSSR count). The Labute approximate surface area is 76.9 Å². The standard InChI is InChI=1S/C7H16N2O4/c8-1-6-13-7(12)9(2-4-10)3-5-11/h10-11H,1-6,8H2. The van der Waals surface area contributed by atoms with Crippen molar-refractivity contribution in [1.29, 1.82) is 0 Å². The zero-order valence-electron chi connectivity index (χ0n) is 7.48. The molecule has 0 aliphatic rings. The molecule has 0 aliphatic carbocycles. The fraction of sp³-hybridized carbons (Fsp3) is 0.857. The quantitative estimate of drug-likeness (QED) is 0.469. The van der Waals surface area contributed by atoms with Crippen LogP contribution in [0, 0.1) is 0 Å². The third-order valence-corrected chi connectivity index (χ3v) is 1.34. The number of aliphatic hydroxyl groups is 2. The van der Waals surface area contributed by atoms with E-state index in [0.29, 0.717) is 0 Å². The van der Waals surface area contributed by atoms with Gasteiger partial charge in [0.25, 0.3) is 0 Å². The minimum absolute atomic E-state index is 0.145. The summed E-state index contributed by atoms with van der Waals surface area (Å²) < 4.78 is 4.70. The maximum Gasteiger partial charge on any atom is 0.409 e. The van der Waals surface area contributed by atoms with Crippen molar-refractivity contribution in [2.45, 2.75) is 0 Å². The Balaban J connectivity index is 3.80. The first-order valence-electron chi connectivity index (χ1n) is 4.09. The molecule has 0 atom stereocenters. The largest absolute Gasteiger partial charge is 0.448 e. The molecule has 0 aliphatic heterocycles. The number of aliphatic hydroxyl groups excluding tert-OH is 2. The Morgan fingerprint density at radius 2 is 1.85 bits per heavy atom. The highest BCUT2D eigenvalue weighted by Gasteiger charge is 2.12. The van der Waals surface area contributed by atoms with Crippen LogP contribution in [0.15, 0.2) is 0 Å². The fourth-order valence-electron chi connectivity index (χ4n) is 0.773. The number of rotatable bonds is 6. The van der Waals surface area contributed by atoms with E-state index in [2.05, 4.69) is 0 Å². The minimum atomic E-state index is -0.562. The van der Waals surface area contributed by atoms with E-state index < -0.39 is 6.09 Å². The third-order valence-electron chi connectivity index (χ3n) is 1.34. The Bertz CT molecular complexity index is 136. The van der Waals surface area contributed by atoms with Crippen molar-refractivity contribution in [2.24, 2.45) is 5.73 Å². The number of carbonyl (C=O) groups is 1. The SMILES string of the molecule is NCCOC(=O)N(CCO)CCO. The molecule has 0 fully saturated rings. The van der Waals surface area contributed by atoms with Crippen LogP contribution in [-0.4, -0.2) is 60.7 Å². The van der Waals surface area contributed by atoms with Crippen molar-refractivity contribution in [3.8, 4) is 0 Å². The molecule has 13 heavy (non-hydrogen) atoms. The molecule has 0 spiro atoms. The van der Waals surface area contributed by atoms with Crippen LogP contribution in [-0.2, 0) is 4.74 Å². The zero-order valence-corrected chi connectivity index (χ0v) is 7.48. The lowest BCUT2D eigenvalue weighted by Crippen LogP contribution is -2.37. The molecule has 6 nitrogen and oxygen atoms in total. The molecule has 0 saturated carbocycles. The number of nitrogens with two attached hydrogens (primary N) is 1. The van der Waals surface area contributed by atoms with Crippen LogP contribution in [0.25, 0.3) is 0 Å². The number of carbonyl (C=O) groups excluding carboxylic acids is 1. The van der Waals surface area contributed by atoms with E-state index in [1.54, 1.807) is 0 Å². The predicted octanol–water partition coefficient (Wildman–Crippen LogP) is -1.63. The van der Waals surface area contributed by atoms with Crippen molar-refractivity contribution < 1.29 is 19.7 Å². The first kappa shape index (κ1) is 12.2. The number of hydrogen-bond acceptors (Lipinski definition) is 5. The summed E-state index contributed by atoms with van der Waals surface area (Å²) in [6.07, 6.45) is -0.562. The molecule has 0 saturated heterocycles. The summed E-state index contributed by atoms with van der Waals surface area (Å²) in [4.78, 5) is 12.3. The zero-order chi connectivity index (χ0) is 10.1. The van der Waals surface area contributed by atoms with Crippen LogP contribution >= 0.6 is 0 Å². The topological polar surface area (TPSA) is 96.0 Å². The summed E-state index contributed by atoms with van der Waals surface area (Å²) in [6, 6.07) is 0. The van der Waals surface area contributed by atoms with Gasteiger partial charge in [0.1, 0.15) is 6.61 Å². The van der Waals surface area contributed by atoms with Crippen LogP contribution in [0.3, 0.4) is 0 Å². The molecule has 6 heteroatoms. The molecule has 0 aromatic rings. The average molecular weight is 192 g/mol. The predicted molar refractivity (Wildman–Crippen MR) is 46.1 cm³/mol. The van der Waals surface area contributed by atoms with Gasteiger partial charge in [-0.15, -0.1) is 0 Å². The Hall–Kier alpha value is -0.850. The molecule has 0 unspecified atom stereocenters. The van der Waals surface area contributed by atoms with Gasteiger partial charge in [-0.25, -0.2) is 4.79 Å². The van der Waals surface area contributed by atoms with Crippen LogP contribution in [0.4, 0.5) is 4.79 Å². The lowest BCUT2D eigenvalue weighted by Gasteiger charge is -2.19. The van der Waals surface area contributed by atoms with Crippen molar-refractivity contribution in [3.05, 3.63) is 0 Å². The smallest absolute Gasteiger partial charge is 0.409 e. The van der Waals surface area contributed by atoms with Gasteiger partial charge in [-0.05, 0) is 0 Å². The second-order valence-electron chi connectivity index (χ2n) is 2.34. The molecule has 0 radical (unpaired) electrons. The van der Waals surface area contributed by atoms with Gasteiger partial charge >= 0.3 is 6.09 Å². The number of amides is 1. The van der Waals surface area contributed by atoms with Crippen molar-refractivity contribution in [1.82, 2.24) is 4.90 Å². The summed E-state index contributed by atoms with van der Waals surface area (Å²) in [7, 11) is 0. The third kappa shape index (κ3) is 5.40. The first-order chi connectivity index (χ1) is 6.26. The Kier molecular flexibility index (Phi) is 7.27. The molecular formula is C7H16N2O4. The van der Waals surface area contributed by atoms with E-state index >= 15 is 0 Å². The van der Waals surface area contributed by atoms with Gasteiger partial charge in [-0.2, -0.15) is 0 Å². The highest BCUT2D eigenvalue weighted by Crippen LogP contribution is 1.92. The van der Waals surface area contributed by atoms with E-state index in [0.717, 1.165) is 0 Å². The molecule has 0 bridgehead atoms. The number of nitrogens with zero attached hydrogens (tertiary/aromatic N) is 1. The summed E-state index contributed by atoms with van der Waals surface area (Å²) in [5, 5.41) is 17.2. The van der Waals surface area contributed by atoms with E-state index in [9.17, 15) is 4.79 Å². The summed E-state index contributed by atoms with van der Waals surface area (Å²) in [5.74, 6) is 0. The second-order valence-corrected chi connectivity index (χ2v) is 2.34. The lowest BCUT2D eigenvalue weighted by atomic mass is 10.5. The Morgan fingerprint density at radius 1 is 1.31 bits per heavy atom. The van der Waals surface area contributed by atoms with E-state index in [4.69, 9.17) is 20.7 Å². The van der Waals surface area contributed by atoms with Crippen LogP contribution in [0.1, 0.15) is 0 Å². The monoisotopic (exact) mass is 192 g/mol. The molecule has 0 heterocycles. The van der Waals surface area contributed by atoms with Gasteiger partial charge in [-0.3, -0.25) is 0 Å². The van der Waals surface area contributed by atoms with Gasteiger partial charge in [0.2, 0.25) is 0 Å². The van der Waals surface area contributed by atoms with Crippen molar-refractivity contribution in [2.75, 3.05) is 39.5 Å². The number of hydrogen-bond donors (Lipinski definition) is 3. The highest BCUT2D eigenvalue weighted by atomic mass is 16.6. The van der Waals surface area contributed by atoms with E-state index in [-0.39, 0.29) is 39.5 Å². The first-order valence-corrected chi connectivity index (χ1v) is 4.09. The highest BCUT2D eigenvalue weighted by molar-refractivity contribution is 5.67. The van der Waals surface area contributed by atoms with Crippen molar-refractivity contribution >= 4 is 6.09 Å². The summed E-state index contributed by atoms with van der Waals surface area (Å²) in [6.45, 7) is 0.410. The number of ether oxygens (including phenoxy) is 1. The second kappa shape index (κ2) is 7.78. The summed E-state index contributed by atoms with van der Waals surface area (Å²) in [5.41, 5.74) is 5.13. The molecule has 78 valence electrons. The maximum absolute atomic E-state index is 11.1. The molecule has 0 aromatic carbocycles.